The lowest BCUT2D eigenvalue weighted by atomic mass is 10.0. The Bertz CT molecular complexity index is 475. The number of ether oxygens (including phenoxy) is 1. The molecule has 0 fully saturated rings. The summed E-state index contributed by atoms with van der Waals surface area (Å²) in [6, 6.07) is 5.37. The molecule has 1 N–H and O–H groups in total. The predicted octanol–water partition coefficient (Wildman–Crippen LogP) is 2.47. The summed E-state index contributed by atoms with van der Waals surface area (Å²) in [6.07, 6.45) is 2.67. The molecule has 0 atom stereocenters. The third-order valence-corrected chi connectivity index (χ3v) is 2.39. The third-order valence-electron chi connectivity index (χ3n) is 2.39. The lowest BCUT2D eigenvalue weighted by molar-refractivity contribution is -0.131. The number of carbonyl (C=O) groups is 2. The fraction of sp³-hybridized carbons (Fsp3) is 0.286. The molecule has 0 radical (unpaired) electrons. The van der Waals surface area contributed by atoms with Crippen molar-refractivity contribution in [2.75, 3.05) is 6.61 Å². The molecule has 0 spiro atoms. The number of hydrogen-bond acceptors (Lipinski definition) is 3. The average molecular weight is 248 g/mol. The summed E-state index contributed by atoms with van der Waals surface area (Å²) in [4.78, 5) is 22.3. The van der Waals surface area contributed by atoms with Crippen LogP contribution in [0.1, 0.15) is 29.8 Å². The molecule has 0 aliphatic rings. The minimum absolute atomic E-state index is 0.365. The normalized spacial score (nSPS) is 10.6. The third kappa shape index (κ3) is 3.73. The number of hydrogen-bond donors (Lipinski definition) is 1. The van der Waals surface area contributed by atoms with Gasteiger partial charge in [-0.1, -0.05) is 13.0 Å². The van der Waals surface area contributed by atoms with E-state index in [4.69, 9.17) is 9.84 Å². The zero-order valence-electron chi connectivity index (χ0n) is 10.5. The van der Waals surface area contributed by atoms with Gasteiger partial charge in [-0.05, 0) is 37.1 Å². The first-order valence-corrected chi connectivity index (χ1v) is 5.79. The molecule has 0 saturated heterocycles. The Morgan fingerprint density at radius 1 is 1.28 bits per heavy atom. The van der Waals surface area contributed by atoms with Crippen LogP contribution in [-0.2, 0) is 11.2 Å². The van der Waals surface area contributed by atoms with Gasteiger partial charge in [-0.2, -0.15) is 0 Å². The number of ketones is 1. The number of rotatable bonds is 6. The number of aryl methyl sites for hydroxylation is 1. The fourth-order valence-corrected chi connectivity index (χ4v) is 1.51. The minimum Gasteiger partial charge on any atom is -0.493 e. The molecule has 0 aromatic heterocycles. The molecule has 1 aromatic rings. The van der Waals surface area contributed by atoms with E-state index in [1.54, 1.807) is 12.1 Å². The Hall–Kier alpha value is -2.10. The van der Waals surface area contributed by atoms with E-state index in [1.165, 1.54) is 0 Å². The number of carboxylic acid groups (broad SMARTS) is 1. The number of benzene rings is 1. The van der Waals surface area contributed by atoms with Gasteiger partial charge in [0.1, 0.15) is 5.75 Å². The van der Waals surface area contributed by atoms with Crippen LogP contribution in [0.25, 0.3) is 0 Å². The van der Waals surface area contributed by atoms with Gasteiger partial charge in [0.15, 0.2) is 5.78 Å². The highest BCUT2D eigenvalue weighted by Gasteiger charge is 2.11. The summed E-state index contributed by atoms with van der Waals surface area (Å²) in [6.45, 7) is 4.26. The van der Waals surface area contributed by atoms with Crippen LogP contribution in [0.15, 0.2) is 30.4 Å². The monoisotopic (exact) mass is 248 g/mol. The Morgan fingerprint density at radius 3 is 2.56 bits per heavy atom. The van der Waals surface area contributed by atoms with E-state index in [9.17, 15) is 9.59 Å². The molecule has 0 aliphatic heterocycles. The second kappa shape index (κ2) is 6.59. The van der Waals surface area contributed by atoms with Gasteiger partial charge in [0.2, 0.25) is 0 Å². The van der Waals surface area contributed by atoms with Crippen LogP contribution in [0, 0.1) is 0 Å². The first-order chi connectivity index (χ1) is 8.58. The van der Waals surface area contributed by atoms with Crippen molar-refractivity contribution in [2.24, 2.45) is 0 Å². The van der Waals surface area contributed by atoms with Gasteiger partial charge in [-0.25, -0.2) is 4.79 Å². The molecule has 1 aromatic carbocycles. The molecule has 0 unspecified atom stereocenters. The van der Waals surface area contributed by atoms with Crippen LogP contribution in [0.3, 0.4) is 0 Å². The average Bonchev–Trinajstić information content (AvgIpc) is 2.36. The van der Waals surface area contributed by atoms with Crippen molar-refractivity contribution in [1.82, 2.24) is 0 Å². The fourth-order valence-electron chi connectivity index (χ4n) is 1.51. The van der Waals surface area contributed by atoms with Crippen LogP contribution >= 0.6 is 0 Å². The van der Waals surface area contributed by atoms with E-state index in [0.29, 0.717) is 17.9 Å². The van der Waals surface area contributed by atoms with E-state index < -0.39 is 5.97 Å². The Labute approximate surface area is 106 Å². The van der Waals surface area contributed by atoms with Crippen LogP contribution < -0.4 is 4.74 Å². The molecule has 0 bridgehead atoms. The molecule has 18 heavy (non-hydrogen) atoms. The van der Waals surface area contributed by atoms with Crippen molar-refractivity contribution in [3.8, 4) is 5.75 Å². The van der Waals surface area contributed by atoms with Crippen molar-refractivity contribution in [2.45, 2.75) is 20.3 Å². The molecule has 4 heteroatoms. The zero-order chi connectivity index (χ0) is 13.5. The Balaban J connectivity index is 3.09. The highest BCUT2D eigenvalue weighted by molar-refractivity contribution is 6.08. The Morgan fingerprint density at radius 2 is 2.00 bits per heavy atom. The predicted molar refractivity (Wildman–Crippen MR) is 68.1 cm³/mol. The summed E-state index contributed by atoms with van der Waals surface area (Å²) in [5.41, 5.74) is 1.40. The molecular formula is C14H16O4. The van der Waals surface area contributed by atoms with Crippen molar-refractivity contribution >= 4 is 11.8 Å². The van der Waals surface area contributed by atoms with E-state index in [-0.39, 0.29) is 5.78 Å². The number of allylic oxidation sites excluding steroid dienone is 1. The lowest BCUT2D eigenvalue weighted by Gasteiger charge is -2.09. The maximum Gasteiger partial charge on any atom is 0.328 e. The maximum atomic E-state index is 11.9. The van der Waals surface area contributed by atoms with Crippen LogP contribution in [0.4, 0.5) is 0 Å². The van der Waals surface area contributed by atoms with Crippen LogP contribution in [0.5, 0.6) is 5.75 Å². The molecule has 0 amide bonds. The smallest absolute Gasteiger partial charge is 0.328 e. The summed E-state index contributed by atoms with van der Waals surface area (Å²) >= 11 is 0. The van der Waals surface area contributed by atoms with Gasteiger partial charge in [0.25, 0.3) is 0 Å². The molecule has 0 aliphatic carbocycles. The highest BCUT2D eigenvalue weighted by Crippen LogP contribution is 2.21. The van der Waals surface area contributed by atoms with Crippen molar-refractivity contribution < 1.29 is 19.4 Å². The number of aliphatic carboxylic acids is 1. The summed E-state index contributed by atoms with van der Waals surface area (Å²) in [5.74, 6) is -1.03. The van der Waals surface area contributed by atoms with E-state index >= 15 is 0 Å². The summed E-state index contributed by atoms with van der Waals surface area (Å²) in [7, 11) is 0. The standard InChI is InChI=1S/C14H16O4/c1-3-10-5-7-13(18-4-2)11(9-10)12(15)6-8-14(16)17/h5-9H,3-4H2,1-2H3,(H,16,17)/b8-6+. The van der Waals surface area contributed by atoms with Crippen LogP contribution in [-0.4, -0.2) is 23.5 Å². The summed E-state index contributed by atoms with van der Waals surface area (Å²) in [5, 5.41) is 8.51. The quantitative estimate of drug-likeness (QED) is 0.620. The van der Waals surface area contributed by atoms with Gasteiger partial charge in [0, 0.05) is 6.08 Å². The van der Waals surface area contributed by atoms with Crippen LogP contribution in [0.2, 0.25) is 0 Å². The molecule has 0 heterocycles. The number of carbonyl (C=O) groups excluding carboxylic acids is 1. The maximum absolute atomic E-state index is 11.9. The van der Waals surface area contributed by atoms with Gasteiger partial charge in [0.05, 0.1) is 12.2 Å². The topological polar surface area (TPSA) is 63.6 Å². The summed E-state index contributed by atoms with van der Waals surface area (Å²) < 4.78 is 5.36. The van der Waals surface area contributed by atoms with E-state index in [0.717, 1.165) is 24.1 Å². The largest absolute Gasteiger partial charge is 0.493 e. The molecule has 1 rings (SSSR count). The van der Waals surface area contributed by atoms with Crippen molar-refractivity contribution in [1.29, 1.82) is 0 Å². The molecule has 0 saturated carbocycles. The van der Waals surface area contributed by atoms with Crippen molar-refractivity contribution in [3.63, 3.8) is 0 Å². The second-order valence-electron chi connectivity index (χ2n) is 3.65. The minimum atomic E-state index is -1.15. The molecule has 4 nitrogen and oxygen atoms in total. The first-order valence-electron chi connectivity index (χ1n) is 5.79. The van der Waals surface area contributed by atoms with E-state index in [2.05, 4.69) is 0 Å². The molecular weight excluding hydrogens is 232 g/mol. The van der Waals surface area contributed by atoms with Gasteiger partial charge < -0.3 is 9.84 Å². The van der Waals surface area contributed by atoms with Gasteiger partial charge in [-0.15, -0.1) is 0 Å². The van der Waals surface area contributed by atoms with E-state index in [1.807, 2.05) is 19.9 Å². The first kappa shape index (κ1) is 14.0. The lowest BCUT2D eigenvalue weighted by Crippen LogP contribution is -2.03. The SMILES string of the molecule is CCOc1ccc(CC)cc1C(=O)/C=C/C(=O)O. The van der Waals surface area contributed by atoms with Crippen molar-refractivity contribution in [3.05, 3.63) is 41.5 Å². The Kier molecular flexibility index (Phi) is 5.11. The van der Waals surface area contributed by atoms with Gasteiger partial charge >= 0.3 is 5.97 Å². The second-order valence-corrected chi connectivity index (χ2v) is 3.65. The zero-order valence-corrected chi connectivity index (χ0v) is 10.5. The van der Waals surface area contributed by atoms with Gasteiger partial charge in [-0.3, -0.25) is 4.79 Å². The number of carboxylic acids is 1. The highest BCUT2D eigenvalue weighted by atomic mass is 16.5. The molecule has 96 valence electrons.